The zero-order valence-electron chi connectivity index (χ0n) is 12.7. The van der Waals surface area contributed by atoms with Crippen molar-refractivity contribution >= 4 is 29.3 Å². The fourth-order valence-corrected chi connectivity index (χ4v) is 5.08. The van der Waals surface area contributed by atoms with Gasteiger partial charge in [0.05, 0.1) is 11.8 Å². The zero-order chi connectivity index (χ0) is 16.6. The third-order valence-electron chi connectivity index (χ3n) is 6.17. The van der Waals surface area contributed by atoms with Crippen LogP contribution in [0, 0.1) is 29.1 Å². The molecular weight excluding hydrogens is 328 g/mol. The molecule has 24 heavy (non-hydrogen) atoms. The highest BCUT2D eigenvalue weighted by Gasteiger charge is 2.73. The molecule has 1 spiro atoms. The highest BCUT2D eigenvalue weighted by atomic mass is 35.5. The fourth-order valence-electron chi connectivity index (χ4n) is 4.96. The number of hydrogen-bond donors (Lipinski definition) is 1. The lowest BCUT2D eigenvalue weighted by Gasteiger charge is -2.22. The number of halogens is 1. The van der Waals surface area contributed by atoms with E-state index in [1.165, 1.54) is 0 Å². The maximum absolute atomic E-state index is 12.8. The number of allylic oxidation sites excluding steroid dienone is 2. The van der Waals surface area contributed by atoms with E-state index in [-0.39, 0.29) is 40.9 Å². The molecule has 3 amide bonds. The summed E-state index contributed by atoms with van der Waals surface area (Å²) in [4.78, 5) is 37.8. The molecule has 1 N–H and O–H groups in total. The summed E-state index contributed by atoms with van der Waals surface area (Å²) < 4.78 is 0. The van der Waals surface area contributed by atoms with Crippen molar-refractivity contribution in [3.05, 3.63) is 47.0 Å². The Morgan fingerprint density at radius 2 is 1.58 bits per heavy atom. The van der Waals surface area contributed by atoms with E-state index >= 15 is 0 Å². The summed E-state index contributed by atoms with van der Waals surface area (Å²) in [7, 11) is 0. The van der Waals surface area contributed by atoms with Gasteiger partial charge in [0.2, 0.25) is 0 Å². The van der Waals surface area contributed by atoms with Crippen molar-refractivity contribution < 1.29 is 14.4 Å². The van der Waals surface area contributed by atoms with Gasteiger partial charge in [-0.05, 0) is 54.4 Å². The molecule has 0 radical (unpaired) electrons. The summed E-state index contributed by atoms with van der Waals surface area (Å²) in [6.45, 7) is 0. The first kappa shape index (κ1) is 14.2. The smallest absolute Gasteiger partial charge is 0.270 e. The van der Waals surface area contributed by atoms with Crippen molar-refractivity contribution in [1.82, 2.24) is 10.4 Å². The molecule has 5 nitrogen and oxygen atoms in total. The molecule has 1 saturated heterocycles. The summed E-state index contributed by atoms with van der Waals surface area (Å²) >= 11 is 5.81. The Kier molecular flexibility index (Phi) is 2.65. The van der Waals surface area contributed by atoms with Crippen molar-refractivity contribution in [3.63, 3.8) is 0 Å². The molecule has 4 aliphatic rings. The standard InChI is InChI=1S/C18H15ClN2O3/c19-10-3-1-9(2-4-10)15(22)20-21-16(23)13-11-5-6-12(14(13)17(21)24)18(11)7-8-18/h1-6,11-14H,7-8H2,(H,20,22)/t11-,12-,13-,14-/m1/s1. The van der Waals surface area contributed by atoms with Gasteiger partial charge in [-0.3, -0.25) is 19.8 Å². The first-order chi connectivity index (χ1) is 11.5. The second-order valence-corrected chi connectivity index (χ2v) is 7.62. The maximum atomic E-state index is 12.8. The topological polar surface area (TPSA) is 66.5 Å². The van der Waals surface area contributed by atoms with Crippen molar-refractivity contribution in [2.45, 2.75) is 12.8 Å². The quantitative estimate of drug-likeness (QED) is 0.661. The lowest BCUT2D eigenvalue weighted by molar-refractivity contribution is -0.144. The molecule has 1 aromatic carbocycles. The van der Waals surface area contributed by atoms with Crippen LogP contribution < -0.4 is 5.43 Å². The maximum Gasteiger partial charge on any atom is 0.270 e. The minimum absolute atomic E-state index is 0.154. The van der Waals surface area contributed by atoms with Crippen LogP contribution in [0.3, 0.4) is 0 Å². The molecule has 4 atom stereocenters. The first-order valence-electron chi connectivity index (χ1n) is 8.16. The molecule has 1 aromatic rings. The second-order valence-electron chi connectivity index (χ2n) is 7.18. The number of hydrazine groups is 1. The molecule has 122 valence electrons. The monoisotopic (exact) mass is 342 g/mol. The predicted molar refractivity (Wildman–Crippen MR) is 85.5 cm³/mol. The highest BCUT2D eigenvalue weighted by molar-refractivity contribution is 6.30. The molecule has 5 rings (SSSR count). The molecule has 2 bridgehead atoms. The first-order valence-corrected chi connectivity index (χ1v) is 8.53. The van der Waals surface area contributed by atoms with Crippen LogP contribution in [0.15, 0.2) is 36.4 Å². The molecular formula is C18H15ClN2O3. The van der Waals surface area contributed by atoms with E-state index in [0.29, 0.717) is 10.6 Å². The molecule has 3 aliphatic carbocycles. The molecule has 3 fully saturated rings. The number of nitrogens with one attached hydrogen (secondary N) is 1. The van der Waals surface area contributed by atoms with Crippen molar-refractivity contribution in [2.75, 3.05) is 0 Å². The van der Waals surface area contributed by atoms with Gasteiger partial charge in [0.1, 0.15) is 0 Å². The van der Waals surface area contributed by atoms with Gasteiger partial charge in [0, 0.05) is 10.6 Å². The number of rotatable bonds is 2. The number of amides is 3. The van der Waals surface area contributed by atoms with Crippen LogP contribution in [-0.2, 0) is 9.59 Å². The lowest BCUT2D eigenvalue weighted by Crippen LogP contribution is -2.47. The molecule has 0 unspecified atom stereocenters. The van der Waals surface area contributed by atoms with Crippen LogP contribution in [-0.4, -0.2) is 22.7 Å². The minimum Gasteiger partial charge on any atom is -0.272 e. The van der Waals surface area contributed by atoms with E-state index in [1.807, 2.05) is 0 Å². The van der Waals surface area contributed by atoms with Crippen LogP contribution in [0.4, 0.5) is 0 Å². The summed E-state index contributed by atoms with van der Waals surface area (Å²) in [5.41, 5.74) is 3.00. The van der Waals surface area contributed by atoms with Crippen LogP contribution in [0.1, 0.15) is 23.2 Å². The van der Waals surface area contributed by atoms with Crippen LogP contribution >= 0.6 is 11.6 Å². The van der Waals surface area contributed by atoms with E-state index in [4.69, 9.17) is 11.6 Å². The van der Waals surface area contributed by atoms with Gasteiger partial charge in [0.15, 0.2) is 0 Å². The van der Waals surface area contributed by atoms with Gasteiger partial charge in [-0.2, -0.15) is 5.01 Å². The number of benzene rings is 1. The number of carbonyl (C=O) groups excluding carboxylic acids is 3. The predicted octanol–water partition coefficient (Wildman–Crippen LogP) is 2.18. The minimum atomic E-state index is -0.477. The summed E-state index contributed by atoms with van der Waals surface area (Å²) in [6.07, 6.45) is 6.41. The van der Waals surface area contributed by atoms with Crippen molar-refractivity contribution in [2.24, 2.45) is 29.1 Å². The molecule has 6 heteroatoms. The van der Waals surface area contributed by atoms with Crippen LogP contribution in [0.25, 0.3) is 0 Å². The molecule has 1 heterocycles. The van der Waals surface area contributed by atoms with Crippen LogP contribution in [0.5, 0.6) is 0 Å². The number of nitrogens with zero attached hydrogens (tertiary/aromatic N) is 1. The third-order valence-corrected chi connectivity index (χ3v) is 6.42. The number of hydrogen-bond acceptors (Lipinski definition) is 3. The summed E-state index contributed by atoms with van der Waals surface area (Å²) in [5.74, 6) is -1.32. The van der Waals surface area contributed by atoms with E-state index < -0.39 is 5.91 Å². The Bertz CT molecular complexity index is 778. The van der Waals surface area contributed by atoms with Crippen molar-refractivity contribution in [3.8, 4) is 0 Å². The van der Waals surface area contributed by atoms with Crippen molar-refractivity contribution in [1.29, 1.82) is 0 Å². The van der Waals surface area contributed by atoms with E-state index in [2.05, 4.69) is 17.6 Å². The van der Waals surface area contributed by atoms with E-state index in [9.17, 15) is 14.4 Å². The Balaban J connectivity index is 1.39. The van der Waals surface area contributed by atoms with Gasteiger partial charge in [-0.15, -0.1) is 0 Å². The average molecular weight is 343 g/mol. The average Bonchev–Trinajstić information content (AvgIpc) is 3.18. The number of carbonyl (C=O) groups is 3. The largest absolute Gasteiger partial charge is 0.272 e. The highest BCUT2D eigenvalue weighted by Crippen LogP contribution is 2.73. The van der Waals surface area contributed by atoms with Gasteiger partial charge in [0.25, 0.3) is 17.7 Å². The SMILES string of the molecule is O=C(NN1C(=O)[C@H]2[C@H](C1=O)[C@H]1C=C[C@H]2C12CC2)c1ccc(Cl)cc1. The van der Waals surface area contributed by atoms with Gasteiger partial charge in [-0.1, -0.05) is 23.8 Å². The zero-order valence-corrected chi connectivity index (χ0v) is 13.5. The summed E-state index contributed by atoms with van der Waals surface area (Å²) in [5, 5.41) is 1.46. The molecule has 2 saturated carbocycles. The Morgan fingerprint density at radius 3 is 2.08 bits per heavy atom. The third kappa shape index (κ3) is 1.63. The Labute approximate surface area is 143 Å². The Morgan fingerprint density at radius 1 is 1.04 bits per heavy atom. The molecule has 1 aliphatic heterocycles. The van der Waals surface area contributed by atoms with E-state index in [0.717, 1.165) is 17.9 Å². The van der Waals surface area contributed by atoms with Gasteiger partial charge < -0.3 is 0 Å². The fraction of sp³-hybridized carbons (Fsp3) is 0.389. The lowest BCUT2D eigenvalue weighted by atomic mass is 9.85. The normalized spacial score (nSPS) is 34.1. The van der Waals surface area contributed by atoms with Gasteiger partial charge >= 0.3 is 0 Å². The second kappa shape index (κ2) is 4.48. The number of fused-ring (bicyclic) bond motifs is 3. The van der Waals surface area contributed by atoms with Crippen LogP contribution in [0.2, 0.25) is 5.02 Å². The molecule has 0 aromatic heterocycles. The Hall–Kier alpha value is -2.14. The van der Waals surface area contributed by atoms with Gasteiger partial charge in [-0.25, -0.2) is 0 Å². The van der Waals surface area contributed by atoms with E-state index in [1.54, 1.807) is 24.3 Å². The number of imide groups is 1. The summed E-state index contributed by atoms with van der Waals surface area (Å²) in [6, 6.07) is 6.32.